The van der Waals surface area contributed by atoms with Gasteiger partial charge in [0.05, 0.1) is 6.61 Å². The summed E-state index contributed by atoms with van der Waals surface area (Å²) in [6.45, 7) is 2.21. The van der Waals surface area contributed by atoms with Crippen molar-refractivity contribution in [2.45, 2.75) is 13.5 Å². The van der Waals surface area contributed by atoms with Gasteiger partial charge in [-0.25, -0.2) is 4.98 Å². The van der Waals surface area contributed by atoms with E-state index in [0.29, 0.717) is 12.5 Å². The monoisotopic (exact) mass is 321 g/mol. The maximum absolute atomic E-state index is 8.92. The van der Waals surface area contributed by atoms with E-state index in [9.17, 15) is 0 Å². The van der Waals surface area contributed by atoms with E-state index in [-0.39, 0.29) is 6.61 Å². The molecule has 2 aromatic carbocycles. The highest BCUT2D eigenvalue weighted by Crippen LogP contribution is 2.24. The second kappa shape index (κ2) is 7.62. The van der Waals surface area contributed by atoms with Crippen molar-refractivity contribution < 1.29 is 14.3 Å². The molecule has 24 heavy (non-hydrogen) atoms. The van der Waals surface area contributed by atoms with Crippen LogP contribution in [-0.4, -0.2) is 16.7 Å². The van der Waals surface area contributed by atoms with Crippen LogP contribution in [0.1, 0.15) is 17.0 Å². The predicted molar refractivity (Wildman–Crippen MR) is 93.6 cm³/mol. The molecule has 0 aliphatic carbocycles. The average molecular weight is 321 g/mol. The molecule has 0 spiro atoms. The lowest BCUT2D eigenvalue weighted by Crippen LogP contribution is -1.99. The van der Waals surface area contributed by atoms with Gasteiger partial charge in [0.25, 0.3) is 0 Å². The maximum atomic E-state index is 8.92. The van der Waals surface area contributed by atoms with Crippen LogP contribution in [0.2, 0.25) is 0 Å². The number of oxazole rings is 1. The van der Waals surface area contributed by atoms with Crippen LogP contribution in [0.3, 0.4) is 0 Å². The van der Waals surface area contributed by atoms with E-state index in [2.05, 4.69) is 4.98 Å². The summed E-state index contributed by atoms with van der Waals surface area (Å²) in [4.78, 5) is 4.54. The van der Waals surface area contributed by atoms with Crippen LogP contribution in [0.5, 0.6) is 5.75 Å². The normalized spacial score (nSPS) is 11.1. The van der Waals surface area contributed by atoms with Gasteiger partial charge in [-0.05, 0) is 25.1 Å². The van der Waals surface area contributed by atoms with Crippen molar-refractivity contribution >= 4 is 6.08 Å². The van der Waals surface area contributed by atoms with Crippen molar-refractivity contribution in [1.29, 1.82) is 0 Å². The van der Waals surface area contributed by atoms with E-state index in [0.717, 1.165) is 28.3 Å². The molecule has 0 atom stereocenters. The minimum absolute atomic E-state index is 0.00281. The van der Waals surface area contributed by atoms with Crippen LogP contribution in [0.25, 0.3) is 17.5 Å². The van der Waals surface area contributed by atoms with Gasteiger partial charge in [-0.1, -0.05) is 48.6 Å². The van der Waals surface area contributed by atoms with Crippen LogP contribution in [0, 0.1) is 6.92 Å². The van der Waals surface area contributed by atoms with Crippen molar-refractivity contribution in [2.24, 2.45) is 0 Å². The lowest BCUT2D eigenvalue weighted by molar-refractivity contribution is 0.299. The SMILES string of the molecule is Cc1oc(-c2ccccc2)nc1COc1ccccc1/C=C/CO. The molecular formula is C20H19NO3. The van der Waals surface area contributed by atoms with E-state index in [1.807, 2.05) is 67.6 Å². The highest BCUT2D eigenvalue weighted by Gasteiger charge is 2.12. The zero-order valence-corrected chi connectivity index (χ0v) is 13.5. The standard InChI is InChI=1S/C20H19NO3/c1-15-18(21-20(24-15)17-9-3-2-4-10-17)14-23-19-12-6-5-8-16(19)11-7-13-22/h2-12,22H,13-14H2,1H3/b11-7+. The Bertz CT molecular complexity index is 822. The molecule has 0 unspecified atom stereocenters. The quantitative estimate of drug-likeness (QED) is 0.738. The molecule has 0 aliphatic heterocycles. The first-order valence-electron chi connectivity index (χ1n) is 7.79. The van der Waals surface area contributed by atoms with Gasteiger partial charge in [-0.3, -0.25) is 0 Å². The molecule has 3 aromatic rings. The Balaban J connectivity index is 1.76. The summed E-state index contributed by atoms with van der Waals surface area (Å²) in [7, 11) is 0. The van der Waals surface area contributed by atoms with Crippen LogP contribution < -0.4 is 4.74 Å². The second-order valence-electron chi connectivity index (χ2n) is 5.30. The van der Waals surface area contributed by atoms with E-state index in [4.69, 9.17) is 14.3 Å². The van der Waals surface area contributed by atoms with Crippen molar-refractivity contribution in [3.05, 3.63) is 77.7 Å². The van der Waals surface area contributed by atoms with Crippen molar-refractivity contribution in [3.8, 4) is 17.2 Å². The summed E-state index contributed by atoms with van der Waals surface area (Å²) in [6, 6.07) is 17.5. The molecule has 1 N–H and O–H groups in total. The first kappa shape index (κ1) is 16.0. The molecule has 0 radical (unpaired) electrons. The third kappa shape index (κ3) is 3.73. The van der Waals surface area contributed by atoms with Gasteiger partial charge in [0.15, 0.2) is 0 Å². The number of ether oxygens (including phenoxy) is 1. The lowest BCUT2D eigenvalue weighted by atomic mass is 10.2. The Hall–Kier alpha value is -2.85. The third-order valence-corrected chi connectivity index (χ3v) is 3.60. The molecule has 4 nitrogen and oxygen atoms in total. The summed E-state index contributed by atoms with van der Waals surface area (Å²) in [6.07, 6.45) is 3.51. The fourth-order valence-corrected chi connectivity index (χ4v) is 2.34. The predicted octanol–water partition coefficient (Wildman–Crippen LogP) is 4.23. The largest absolute Gasteiger partial charge is 0.487 e. The highest BCUT2D eigenvalue weighted by atomic mass is 16.5. The van der Waals surface area contributed by atoms with E-state index in [1.54, 1.807) is 6.08 Å². The maximum Gasteiger partial charge on any atom is 0.226 e. The number of hydrogen-bond acceptors (Lipinski definition) is 4. The molecular weight excluding hydrogens is 302 g/mol. The van der Waals surface area contributed by atoms with Crippen molar-refractivity contribution in [2.75, 3.05) is 6.61 Å². The Labute approximate surface area is 141 Å². The Morgan fingerprint density at radius 3 is 2.62 bits per heavy atom. The molecule has 0 fully saturated rings. The van der Waals surface area contributed by atoms with Gasteiger partial charge in [0, 0.05) is 11.1 Å². The van der Waals surface area contributed by atoms with E-state index >= 15 is 0 Å². The summed E-state index contributed by atoms with van der Waals surface area (Å²) in [5.41, 5.74) is 2.63. The number of benzene rings is 2. The number of rotatable bonds is 6. The van der Waals surface area contributed by atoms with Crippen molar-refractivity contribution in [1.82, 2.24) is 4.98 Å². The van der Waals surface area contributed by atoms with Crippen LogP contribution in [0.4, 0.5) is 0 Å². The van der Waals surface area contributed by atoms with Crippen LogP contribution in [-0.2, 0) is 6.61 Å². The molecule has 3 rings (SSSR count). The van der Waals surface area contributed by atoms with Gasteiger partial charge >= 0.3 is 0 Å². The second-order valence-corrected chi connectivity index (χ2v) is 5.30. The first-order chi connectivity index (χ1) is 11.8. The van der Waals surface area contributed by atoms with Crippen LogP contribution >= 0.6 is 0 Å². The summed E-state index contributed by atoms with van der Waals surface area (Å²) in [5, 5.41) is 8.92. The van der Waals surface area contributed by atoms with Crippen molar-refractivity contribution in [3.63, 3.8) is 0 Å². The molecule has 1 aromatic heterocycles. The zero-order chi connectivity index (χ0) is 16.8. The Kier molecular flexibility index (Phi) is 5.08. The molecule has 0 aliphatic rings. The minimum atomic E-state index is -0.00281. The van der Waals surface area contributed by atoms with E-state index in [1.165, 1.54) is 0 Å². The Morgan fingerprint density at radius 1 is 1.08 bits per heavy atom. The number of para-hydroxylation sites is 1. The third-order valence-electron chi connectivity index (χ3n) is 3.60. The molecule has 122 valence electrons. The summed E-state index contributed by atoms with van der Waals surface area (Å²) in [5.74, 6) is 2.09. The van der Waals surface area contributed by atoms with Crippen LogP contribution in [0.15, 0.2) is 65.1 Å². The van der Waals surface area contributed by atoms with Gasteiger partial charge in [0.2, 0.25) is 5.89 Å². The van der Waals surface area contributed by atoms with E-state index < -0.39 is 0 Å². The number of aromatic nitrogens is 1. The topological polar surface area (TPSA) is 55.5 Å². The van der Waals surface area contributed by atoms with Gasteiger partial charge in [-0.2, -0.15) is 0 Å². The van der Waals surface area contributed by atoms with Gasteiger partial charge in [0.1, 0.15) is 23.8 Å². The number of hydrogen-bond donors (Lipinski definition) is 1. The smallest absolute Gasteiger partial charge is 0.226 e. The van der Waals surface area contributed by atoms with Gasteiger partial charge in [-0.15, -0.1) is 0 Å². The van der Waals surface area contributed by atoms with Gasteiger partial charge < -0.3 is 14.3 Å². The average Bonchev–Trinajstić information content (AvgIpc) is 3.00. The number of aryl methyl sites for hydroxylation is 1. The number of aliphatic hydroxyl groups is 1. The molecule has 4 heteroatoms. The summed E-state index contributed by atoms with van der Waals surface area (Å²) >= 11 is 0. The highest BCUT2D eigenvalue weighted by molar-refractivity contribution is 5.57. The Morgan fingerprint density at radius 2 is 1.83 bits per heavy atom. The number of nitrogens with zero attached hydrogens (tertiary/aromatic N) is 1. The fourth-order valence-electron chi connectivity index (χ4n) is 2.34. The summed E-state index contributed by atoms with van der Waals surface area (Å²) < 4.78 is 11.6. The first-order valence-corrected chi connectivity index (χ1v) is 7.79. The zero-order valence-electron chi connectivity index (χ0n) is 13.5. The molecule has 0 bridgehead atoms. The minimum Gasteiger partial charge on any atom is -0.487 e. The number of aliphatic hydroxyl groups excluding tert-OH is 1. The molecule has 0 amide bonds. The lowest BCUT2D eigenvalue weighted by Gasteiger charge is -2.07. The fraction of sp³-hybridized carbons (Fsp3) is 0.150. The molecule has 0 saturated heterocycles. The molecule has 1 heterocycles. The molecule has 0 saturated carbocycles.